The van der Waals surface area contributed by atoms with Gasteiger partial charge in [-0.05, 0) is 65.2 Å². The van der Waals surface area contributed by atoms with Gasteiger partial charge < -0.3 is 24.4 Å². The van der Waals surface area contributed by atoms with Crippen LogP contribution < -0.4 is 10.2 Å². The number of piperidine rings is 2. The summed E-state index contributed by atoms with van der Waals surface area (Å²) in [5, 5.41) is 7.79. The number of anilines is 3. The lowest BCUT2D eigenvalue weighted by Gasteiger charge is -2.49. The number of sulfonamides is 1. The number of rotatable bonds is 10. The van der Waals surface area contributed by atoms with Crippen molar-refractivity contribution < 1.29 is 27.0 Å². The minimum Gasteiger partial charge on any atom is -0.379 e. The Labute approximate surface area is 253 Å². The van der Waals surface area contributed by atoms with Crippen LogP contribution in [0, 0.1) is 12.7 Å². The van der Waals surface area contributed by atoms with Gasteiger partial charge in [0.2, 0.25) is 16.0 Å². The van der Waals surface area contributed by atoms with Gasteiger partial charge in [-0.15, -0.1) is 0 Å². The molecule has 0 radical (unpaired) electrons. The number of halogens is 1. The normalized spacial score (nSPS) is 28.2. The first-order valence-electron chi connectivity index (χ1n) is 15.7. The van der Waals surface area contributed by atoms with Crippen LogP contribution in [0.2, 0.25) is 0 Å². The molecule has 14 heteroatoms. The minimum atomic E-state index is -3.29. The van der Waals surface area contributed by atoms with Crippen LogP contribution in [0.3, 0.4) is 0 Å². The molecule has 2 aromatic rings. The van der Waals surface area contributed by atoms with E-state index in [-0.39, 0.29) is 54.3 Å². The zero-order valence-electron chi connectivity index (χ0n) is 25.4. The molecule has 0 aromatic carbocycles. The van der Waals surface area contributed by atoms with Crippen LogP contribution in [0.4, 0.5) is 22.0 Å². The molecule has 2 aromatic heterocycles. The van der Waals surface area contributed by atoms with Crippen LogP contribution in [-0.2, 0) is 30.8 Å². The first-order chi connectivity index (χ1) is 20.7. The van der Waals surface area contributed by atoms with Gasteiger partial charge in [-0.25, -0.2) is 22.5 Å². The highest BCUT2D eigenvalue weighted by molar-refractivity contribution is 7.89. The van der Waals surface area contributed by atoms with E-state index in [4.69, 9.17) is 14.2 Å². The van der Waals surface area contributed by atoms with E-state index in [9.17, 15) is 8.42 Å². The molecule has 0 saturated carbocycles. The number of hydrogen-bond donors (Lipinski definition) is 1. The fourth-order valence-electron chi connectivity index (χ4n) is 6.93. The van der Waals surface area contributed by atoms with Crippen molar-refractivity contribution in [1.29, 1.82) is 0 Å². The number of fused-ring (bicyclic) bond motifs is 2. The van der Waals surface area contributed by atoms with Crippen LogP contribution in [0.5, 0.6) is 0 Å². The first kappa shape index (κ1) is 30.6. The maximum absolute atomic E-state index is 15.9. The molecule has 0 amide bonds. The summed E-state index contributed by atoms with van der Waals surface area (Å²) in [6.45, 7) is 5.45. The largest absolute Gasteiger partial charge is 0.379 e. The zero-order chi connectivity index (χ0) is 30.1. The first-order valence-corrected chi connectivity index (χ1v) is 17.3. The van der Waals surface area contributed by atoms with Crippen molar-refractivity contribution in [3.8, 4) is 0 Å². The molecule has 6 rings (SSSR count). The summed E-state index contributed by atoms with van der Waals surface area (Å²) in [6, 6.07) is 1.77. The predicted molar refractivity (Wildman–Crippen MR) is 159 cm³/mol. The van der Waals surface area contributed by atoms with E-state index in [1.165, 1.54) is 0 Å². The highest BCUT2D eigenvalue weighted by Crippen LogP contribution is 2.39. The second-order valence-corrected chi connectivity index (χ2v) is 14.4. The van der Waals surface area contributed by atoms with E-state index < -0.39 is 15.8 Å². The standard InChI is InChI=1S/C29H44FN7O5S/c1-4-43(38,39)37-20-8-7-9-21(37)16-22(15-20)35(3)29-31-24(18-42-23-11-13-40-17-23)27(30)28(33-29)32-25-14-19(2)36(34-25)26-10-5-6-12-41-26/h14,20-23,26H,4-13,15-18H2,1-3H3,(H,31,32,33,34)/t20-,21+,22-,23-,26?/m1/s1. The molecule has 12 nitrogen and oxygen atoms in total. The number of nitrogens with one attached hydrogen (secondary N) is 1. The van der Waals surface area contributed by atoms with Gasteiger partial charge in [0.15, 0.2) is 23.7 Å². The molecule has 43 heavy (non-hydrogen) atoms. The highest BCUT2D eigenvalue weighted by atomic mass is 32.2. The van der Waals surface area contributed by atoms with Gasteiger partial charge in [0.25, 0.3) is 0 Å². The van der Waals surface area contributed by atoms with Crippen LogP contribution in [0.15, 0.2) is 6.07 Å². The third kappa shape index (κ3) is 6.53. The molecule has 4 saturated heterocycles. The van der Waals surface area contributed by atoms with Gasteiger partial charge in [-0.2, -0.15) is 14.4 Å². The molecular weight excluding hydrogens is 577 g/mol. The Hall–Kier alpha value is -2.39. The average molecular weight is 622 g/mol. The minimum absolute atomic E-state index is 0.0128. The number of hydrogen-bond acceptors (Lipinski definition) is 10. The van der Waals surface area contributed by atoms with E-state index >= 15 is 4.39 Å². The summed E-state index contributed by atoms with van der Waals surface area (Å²) in [5.74, 6) is 0.387. The van der Waals surface area contributed by atoms with E-state index in [0.717, 1.165) is 50.6 Å². The second-order valence-electron chi connectivity index (χ2n) is 12.2. The monoisotopic (exact) mass is 621 g/mol. The van der Waals surface area contributed by atoms with Gasteiger partial charge >= 0.3 is 0 Å². The second kappa shape index (κ2) is 12.9. The van der Waals surface area contributed by atoms with Gasteiger partial charge in [-0.3, -0.25) is 0 Å². The van der Waals surface area contributed by atoms with Crippen molar-refractivity contribution >= 4 is 27.6 Å². The molecular formula is C29H44FN7O5S. The fraction of sp³-hybridized carbons (Fsp3) is 0.759. The van der Waals surface area contributed by atoms with Crippen molar-refractivity contribution in [1.82, 2.24) is 24.1 Å². The Kier molecular flexibility index (Phi) is 9.20. The van der Waals surface area contributed by atoms with Gasteiger partial charge in [0.05, 0.1) is 25.1 Å². The molecule has 1 unspecified atom stereocenters. The Morgan fingerprint density at radius 1 is 1.12 bits per heavy atom. The van der Waals surface area contributed by atoms with Crippen molar-refractivity contribution in [3.05, 3.63) is 23.3 Å². The zero-order valence-corrected chi connectivity index (χ0v) is 26.2. The molecule has 238 valence electrons. The molecule has 6 heterocycles. The Morgan fingerprint density at radius 3 is 2.58 bits per heavy atom. The fourth-order valence-corrected chi connectivity index (χ4v) is 8.52. The number of aryl methyl sites for hydroxylation is 1. The smallest absolute Gasteiger partial charge is 0.227 e. The Morgan fingerprint density at radius 2 is 1.91 bits per heavy atom. The van der Waals surface area contributed by atoms with Gasteiger partial charge in [0.1, 0.15) is 5.69 Å². The third-order valence-corrected chi connectivity index (χ3v) is 11.2. The van der Waals surface area contributed by atoms with Crippen molar-refractivity contribution in [2.75, 3.05) is 42.8 Å². The lowest BCUT2D eigenvalue weighted by Crippen LogP contribution is -2.58. The Balaban J connectivity index is 1.27. The molecule has 2 bridgehead atoms. The molecule has 4 fully saturated rings. The van der Waals surface area contributed by atoms with Crippen molar-refractivity contribution in [2.24, 2.45) is 0 Å². The lowest BCUT2D eigenvalue weighted by atomic mass is 9.83. The quantitative estimate of drug-likeness (QED) is 0.416. The summed E-state index contributed by atoms with van der Waals surface area (Å²) in [6.07, 6.45) is 7.55. The predicted octanol–water partition coefficient (Wildman–Crippen LogP) is 4.04. The number of aromatic nitrogens is 4. The summed E-state index contributed by atoms with van der Waals surface area (Å²) in [4.78, 5) is 11.3. The topological polar surface area (TPSA) is 124 Å². The van der Waals surface area contributed by atoms with Crippen LogP contribution in [0.25, 0.3) is 0 Å². The maximum atomic E-state index is 15.9. The van der Waals surface area contributed by atoms with Crippen molar-refractivity contribution in [2.45, 2.75) is 109 Å². The third-order valence-electron chi connectivity index (χ3n) is 9.28. The maximum Gasteiger partial charge on any atom is 0.227 e. The number of ether oxygens (including phenoxy) is 3. The van der Waals surface area contributed by atoms with Crippen LogP contribution in [0.1, 0.15) is 82.3 Å². The van der Waals surface area contributed by atoms with E-state index in [1.54, 1.807) is 11.2 Å². The molecule has 5 atom stereocenters. The lowest BCUT2D eigenvalue weighted by molar-refractivity contribution is -0.0404. The SMILES string of the molecule is CCS(=O)(=O)N1[C@@H]2CCC[C@H]1C[C@H](N(C)c1nc(CO[C@@H]3CCOC3)c(F)c(Nc3cc(C)n(C4CCCCO4)n3)n1)C2. The summed E-state index contributed by atoms with van der Waals surface area (Å²) in [5.41, 5.74) is 1.07. The van der Waals surface area contributed by atoms with Crippen molar-refractivity contribution in [3.63, 3.8) is 0 Å². The highest BCUT2D eigenvalue weighted by Gasteiger charge is 2.45. The Bertz CT molecular complexity index is 1370. The van der Waals surface area contributed by atoms with E-state index in [0.29, 0.717) is 44.4 Å². The molecule has 4 aliphatic heterocycles. The van der Waals surface area contributed by atoms with Gasteiger partial charge in [-0.1, -0.05) is 6.42 Å². The number of nitrogens with zero attached hydrogens (tertiary/aromatic N) is 6. The van der Waals surface area contributed by atoms with E-state index in [1.807, 2.05) is 29.6 Å². The summed E-state index contributed by atoms with van der Waals surface area (Å²) in [7, 11) is -1.38. The van der Waals surface area contributed by atoms with Crippen LogP contribution >= 0.6 is 0 Å². The van der Waals surface area contributed by atoms with E-state index in [2.05, 4.69) is 20.4 Å². The summed E-state index contributed by atoms with van der Waals surface area (Å²) < 4.78 is 62.7. The molecule has 1 N–H and O–H groups in total. The van der Waals surface area contributed by atoms with Crippen LogP contribution in [-0.4, -0.2) is 89.3 Å². The molecule has 4 aliphatic rings. The molecule has 0 spiro atoms. The molecule has 0 aliphatic carbocycles. The summed E-state index contributed by atoms with van der Waals surface area (Å²) >= 11 is 0. The van der Waals surface area contributed by atoms with Gasteiger partial charge in [0, 0.05) is 50.1 Å². The average Bonchev–Trinajstić information content (AvgIpc) is 3.66.